The van der Waals surface area contributed by atoms with Crippen molar-refractivity contribution in [3.63, 3.8) is 0 Å². The summed E-state index contributed by atoms with van der Waals surface area (Å²) in [6, 6.07) is 13.4. The normalized spacial score (nSPS) is 20.2. The predicted molar refractivity (Wildman–Crippen MR) is 179 cm³/mol. The third-order valence-electron chi connectivity index (χ3n) is 8.61. The van der Waals surface area contributed by atoms with E-state index in [1.54, 1.807) is 0 Å². The Labute approximate surface area is 275 Å². The number of nitrogens with one attached hydrogen (secondary N) is 3. The maximum absolute atomic E-state index is 13.4. The lowest BCUT2D eigenvalue weighted by atomic mass is 9.85. The monoisotopic (exact) mass is 665 g/mol. The van der Waals surface area contributed by atoms with Crippen LogP contribution < -0.4 is 20.3 Å². The van der Waals surface area contributed by atoms with Crippen LogP contribution in [-0.2, 0) is 30.9 Å². The number of aromatic amines is 1. The number of morpholine rings is 1. The van der Waals surface area contributed by atoms with Crippen molar-refractivity contribution in [1.82, 2.24) is 24.9 Å². The molecule has 4 heterocycles. The summed E-state index contributed by atoms with van der Waals surface area (Å²) in [5.41, 5.74) is 4.76. The summed E-state index contributed by atoms with van der Waals surface area (Å²) in [4.78, 5) is 18.9. The minimum absolute atomic E-state index is 0.0332. The number of aromatic nitrogens is 4. The zero-order chi connectivity index (χ0) is 33.3. The first-order valence-electron chi connectivity index (χ1n) is 15.9. The summed E-state index contributed by atoms with van der Waals surface area (Å²) >= 11 is 0. The van der Waals surface area contributed by atoms with Gasteiger partial charge in [-0.3, -0.25) is 8.58 Å². The molecule has 47 heavy (non-hydrogen) atoms. The highest BCUT2D eigenvalue weighted by Gasteiger charge is 2.30. The molecule has 1 aromatic carbocycles. The van der Waals surface area contributed by atoms with Crippen molar-refractivity contribution in [1.29, 1.82) is 0 Å². The quantitative estimate of drug-likeness (QED) is 0.213. The number of hydrogen-bond donors (Lipinski definition) is 3. The van der Waals surface area contributed by atoms with Crippen molar-refractivity contribution in [2.45, 2.75) is 70.6 Å². The molecule has 4 aromatic rings. The van der Waals surface area contributed by atoms with E-state index in [1.807, 2.05) is 53.1 Å². The van der Waals surface area contributed by atoms with Crippen LogP contribution in [0.2, 0.25) is 0 Å². The fourth-order valence-electron chi connectivity index (χ4n) is 6.16. The van der Waals surface area contributed by atoms with Gasteiger partial charge in [-0.05, 0) is 49.1 Å². The number of fused-ring (bicyclic) bond motifs is 2. The molecular formula is C33H43N7O6S. The van der Waals surface area contributed by atoms with Gasteiger partial charge in [-0.15, -0.1) is 10.2 Å². The van der Waals surface area contributed by atoms with E-state index in [0.29, 0.717) is 43.2 Å². The molecule has 1 fully saturated rings. The van der Waals surface area contributed by atoms with Crippen molar-refractivity contribution in [3.8, 4) is 5.75 Å². The van der Waals surface area contributed by atoms with Crippen molar-refractivity contribution < 1.29 is 26.9 Å². The second-order valence-corrected chi connectivity index (χ2v) is 14.9. The van der Waals surface area contributed by atoms with Crippen LogP contribution in [0.4, 0.5) is 16.4 Å². The van der Waals surface area contributed by atoms with E-state index in [9.17, 15) is 13.2 Å². The molecule has 0 bridgehead atoms. The van der Waals surface area contributed by atoms with Crippen molar-refractivity contribution in [2.24, 2.45) is 0 Å². The SMILES string of the molecule is C[C@H]1COCCN1c1nnc2ccc(O[C@@H]3CC[C@H](NC(=O)Nc4cc(C(C)(C)C)[nH]c4CCOS(C)(=O)=O)c4ccccc43)cn12. The lowest BCUT2D eigenvalue weighted by Crippen LogP contribution is -2.44. The van der Waals surface area contributed by atoms with E-state index >= 15 is 0 Å². The standard InChI is InChI=1S/C33H43N7O6S/c1-21-20-44-17-15-39(21)32-38-37-30-13-10-22(19-40(30)32)46-28-12-11-25(23-8-6-7-9-24(23)28)35-31(41)36-27-18-29(33(2,3)4)34-26(27)14-16-45-47(5,42)43/h6-10,13,18-19,21,25,28,34H,11-12,14-17,20H2,1-5H3,(H2,35,36,41)/t21-,25-,28+/m0/s1. The van der Waals surface area contributed by atoms with Gasteiger partial charge in [-0.2, -0.15) is 8.42 Å². The average molecular weight is 666 g/mol. The van der Waals surface area contributed by atoms with Gasteiger partial charge in [-0.1, -0.05) is 45.0 Å². The Morgan fingerprint density at radius 3 is 2.66 bits per heavy atom. The summed E-state index contributed by atoms with van der Waals surface area (Å²) in [7, 11) is -3.58. The largest absolute Gasteiger partial charge is 0.484 e. The van der Waals surface area contributed by atoms with E-state index in [0.717, 1.165) is 41.2 Å². The molecule has 13 nitrogen and oxygen atoms in total. The Bertz CT molecular complexity index is 1850. The van der Waals surface area contributed by atoms with Crippen LogP contribution in [0, 0.1) is 0 Å². The molecule has 1 aliphatic heterocycles. The minimum Gasteiger partial charge on any atom is -0.484 e. The molecule has 252 valence electrons. The van der Waals surface area contributed by atoms with E-state index in [2.05, 4.69) is 58.4 Å². The Morgan fingerprint density at radius 2 is 1.91 bits per heavy atom. The van der Waals surface area contributed by atoms with Gasteiger partial charge in [0.1, 0.15) is 11.9 Å². The number of nitrogens with zero attached hydrogens (tertiary/aromatic N) is 4. The molecule has 1 saturated heterocycles. The number of carbonyl (C=O) groups is 1. The number of ether oxygens (including phenoxy) is 2. The molecule has 1 aliphatic carbocycles. The van der Waals surface area contributed by atoms with Crippen LogP contribution in [0.5, 0.6) is 5.75 Å². The van der Waals surface area contributed by atoms with Crippen LogP contribution in [0.15, 0.2) is 48.7 Å². The smallest absolute Gasteiger partial charge is 0.319 e. The molecule has 2 amide bonds. The third-order valence-corrected chi connectivity index (χ3v) is 9.20. The maximum Gasteiger partial charge on any atom is 0.319 e. The van der Waals surface area contributed by atoms with Crippen molar-refractivity contribution in [2.75, 3.05) is 42.8 Å². The zero-order valence-corrected chi connectivity index (χ0v) is 28.3. The third kappa shape index (κ3) is 7.55. The van der Waals surface area contributed by atoms with Gasteiger partial charge in [-0.25, -0.2) is 4.79 Å². The van der Waals surface area contributed by atoms with Crippen LogP contribution in [0.3, 0.4) is 0 Å². The van der Waals surface area contributed by atoms with Gasteiger partial charge in [0.05, 0.1) is 50.0 Å². The first kappa shape index (κ1) is 32.8. The van der Waals surface area contributed by atoms with Gasteiger partial charge >= 0.3 is 6.03 Å². The van der Waals surface area contributed by atoms with Crippen molar-refractivity contribution >= 4 is 33.4 Å². The van der Waals surface area contributed by atoms with Gasteiger partial charge in [0, 0.05) is 29.8 Å². The molecular weight excluding hydrogens is 622 g/mol. The number of amides is 2. The number of rotatable bonds is 9. The fraction of sp³-hybridized carbons (Fsp3) is 0.485. The van der Waals surface area contributed by atoms with Gasteiger partial charge in [0.15, 0.2) is 5.65 Å². The Hall–Kier alpha value is -4.14. The summed E-state index contributed by atoms with van der Waals surface area (Å²) < 4.78 is 42.1. The molecule has 6 rings (SSSR count). The van der Waals surface area contributed by atoms with Crippen LogP contribution in [0.25, 0.3) is 5.65 Å². The number of benzene rings is 1. The van der Waals surface area contributed by atoms with Crippen LogP contribution >= 0.6 is 0 Å². The summed E-state index contributed by atoms with van der Waals surface area (Å²) in [6.07, 6.45) is 4.42. The first-order valence-corrected chi connectivity index (χ1v) is 17.8. The Morgan fingerprint density at radius 1 is 1.13 bits per heavy atom. The number of hydrogen-bond acceptors (Lipinski definition) is 9. The second kappa shape index (κ2) is 13.2. The molecule has 3 N–H and O–H groups in total. The van der Waals surface area contributed by atoms with E-state index < -0.39 is 10.1 Å². The molecule has 0 saturated carbocycles. The molecule has 0 unspecified atom stereocenters. The first-order chi connectivity index (χ1) is 22.4. The van der Waals surface area contributed by atoms with E-state index in [4.69, 9.17) is 13.7 Å². The van der Waals surface area contributed by atoms with Crippen LogP contribution in [-0.4, -0.2) is 72.7 Å². The van der Waals surface area contributed by atoms with E-state index in [-0.39, 0.29) is 42.7 Å². The topological polar surface area (TPSA) is 152 Å². The number of H-pyrrole nitrogens is 1. The number of carbonyl (C=O) groups excluding carboxylic acids is 1. The highest BCUT2D eigenvalue weighted by Crippen LogP contribution is 2.39. The highest BCUT2D eigenvalue weighted by atomic mass is 32.2. The number of pyridine rings is 1. The van der Waals surface area contributed by atoms with Gasteiger partial charge < -0.3 is 30.0 Å². The highest BCUT2D eigenvalue weighted by molar-refractivity contribution is 7.85. The molecule has 3 atom stereocenters. The number of anilines is 2. The minimum atomic E-state index is -3.58. The van der Waals surface area contributed by atoms with E-state index in [1.165, 1.54) is 0 Å². The Balaban J connectivity index is 1.16. The molecule has 0 radical (unpaired) electrons. The van der Waals surface area contributed by atoms with Crippen LogP contribution in [0.1, 0.15) is 75.2 Å². The van der Waals surface area contributed by atoms with Crippen molar-refractivity contribution in [3.05, 3.63) is 71.2 Å². The average Bonchev–Trinajstić information content (AvgIpc) is 3.62. The summed E-state index contributed by atoms with van der Waals surface area (Å²) in [5, 5.41) is 14.9. The van der Waals surface area contributed by atoms with Gasteiger partial charge in [0.25, 0.3) is 10.1 Å². The lowest BCUT2D eigenvalue weighted by molar-refractivity contribution is 0.0980. The summed E-state index contributed by atoms with van der Waals surface area (Å²) in [6.45, 7) is 10.3. The second-order valence-electron chi connectivity index (χ2n) is 13.3. The molecule has 2 aliphatic rings. The lowest BCUT2D eigenvalue weighted by Gasteiger charge is -2.33. The molecule has 0 spiro atoms. The predicted octanol–water partition coefficient (Wildman–Crippen LogP) is 4.88. The zero-order valence-electron chi connectivity index (χ0n) is 27.4. The molecule has 14 heteroatoms. The maximum atomic E-state index is 13.4. The summed E-state index contributed by atoms with van der Waals surface area (Å²) in [5.74, 6) is 1.47. The fourth-order valence-corrected chi connectivity index (χ4v) is 6.54. The molecule has 3 aromatic heterocycles. The number of urea groups is 1. The Kier molecular flexibility index (Phi) is 9.18. The van der Waals surface area contributed by atoms with Gasteiger partial charge in [0.2, 0.25) is 5.95 Å².